The van der Waals surface area contributed by atoms with Gasteiger partial charge in [-0.2, -0.15) is 0 Å². The third-order valence-corrected chi connectivity index (χ3v) is 5.45. The van der Waals surface area contributed by atoms with E-state index in [0.717, 1.165) is 37.8 Å². The van der Waals surface area contributed by atoms with E-state index in [1.165, 1.54) is 0 Å². The van der Waals surface area contributed by atoms with Crippen LogP contribution in [-0.4, -0.2) is 61.5 Å². The summed E-state index contributed by atoms with van der Waals surface area (Å²) in [6.45, 7) is 5.21. The summed E-state index contributed by atoms with van der Waals surface area (Å²) in [4.78, 5) is 29.2. The molecule has 2 fully saturated rings. The van der Waals surface area contributed by atoms with Crippen LogP contribution in [0.3, 0.4) is 0 Å². The fraction of sp³-hybridized carbons (Fsp3) is 0.667. The van der Waals surface area contributed by atoms with Gasteiger partial charge in [0, 0.05) is 38.9 Å². The number of hydrogen-bond acceptors (Lipinski definition) is 4. The minimum Gasteiger partial charge on any atom is -0.459 e. The van der Waals surface area contributed by atoms with Crippen molar-refractivity contribution in [3.8, 4) is 0 Å². The average molecular weight is 334 g/mol. The van der Waals surface area contributed by atoms with Crippen LogP contribution in [0.5, 0.6) is 0 Å². The van der Waals surface area contributed by atoms with Gasteiger partial charge in [-0.1, -0.05) is 0 Å². The molecule has 0 saturated carbocycles. The molecule has 1 spiro atoms. The Labute approximate surface area is 142 Å². The molecule has 2 amide bonds. The topological polar surface area (TPSA) is 63.0 Å². The maximum Gasteiger partial charge on any atom is 0.289 e. The second kappa shape index (κ2) is 6.97. The van der Waals surface area contributed by atoms with Crippen LogP contribution >= 0.6 is 0 Å². The number of hydrogen-bond donors (Lipinski definition) is 0. The van der Waals surface area contributed by atoms with E-state index in [1.807, 2.05) is 16.7 Å². The summed E-state index contributed by atoms with van der Waals surface area (Å²) in [5.41, 5.74) is 0.572. The van der Waals surface area contributed by atoms with Crippen molar-refractivity contribution >= 4 is 11.8 Å². The fourth-order valence-corrected chi connectivity index (χ4v) is 3.90. The standard InChI is InChI=1S/C18H26N2O4/c1-14-4-12-24-15(14)16(21)19-8-3-5-18(6-9-19)7-10-20(17(18)22)11-13-23-2/h4,12H,3,5-11,13H2,1-2H3. The molecule has 1 atom stereocenters. The molecule has 0 N–H and O–H groups in total. The zero-order valence-electron chi connectivity index (χ0n) is 14.5. The Hall–Kier alpha value is -1.82. The SMILES string of the molecule is COCCN1CCC2(CCCN(C(=O)c3occc3C)CC2)C1=O. The number of nitrogens with zero attached hydrogens (tertiary/aromatic N) is 2. The molecule has 2 saturated heterocycles. The highest BCUT2D eigenvalue weighted by Gasteiger charge is 2.47. The Kier molecular flexibility index (Phi) is 4.94. The van der Waals surface area contributed by atoms with E-state index in [4.69, 9.17) is 9.15 Å². The third kappa shape index (κ3) is 3.07. The smallest absolute Gasteiger partial charge is 0.289 e. The first-order valence-electron chi connectivity index (χ1n) is 8.69. The number of amides is 2. The lowest BCUT2D eigenvalue weighted by molar-refractivity contribution is -0.137. The maximum absolute atomic E-state index is 12.8. The van der Waals surface area contributed by atoms with Crippen molar-refractivity contribution in [1.82, 2.24) is 9.80 Å². The van der Waals surface area contributed by atoms with Crippen molar-refractivity contribution in [2.45, 2.75) is 32.6 Å². The number of carbonyl (C=O) groups excluding carboxylic acids is 2. The molecule has 0 aromatic carbocycles. The molecule has 132 valence electrons. The number of carbonyl (C=O) groups is 2. The van der Waals surface area contributed by atoms with E-state index in [2.05, 4.69) is 0 Å². The molecule has 2 aliphatic heterocycles. The summed E-state index contributed by atoms with van der Waals surface area (Å²) in [5.74, 6) is 0.602. The maximum atomic E-state index is 12.8. The highest BCUT2D eigenvalue weighted by atomic mass is 16.5. The van der Waals surface area contributed by atoms with Gasteiger partial charge in [-0.25, -0.2) is 0 Å². The minimum atomic E-state index is -0.291. The molecule has 0 aliphatic carbocycles. The summed E-state index contributed by atoms with van der Waals surface area (Å²) >= 11 is 0. The Morgan fingerprint density at radius 3 is 2.79 bits per heavy atom. The van der Waals surface area contributed by atoms with Gasteiger partial charge in [0.2, 0.25) is 5.91 Å². The van der Waals surface area contributed by atoms with Crippen LogP contribution in [0.15, 0.2) is 16.7 Å². The molecule has 2 aliphatic rings. The zero-order valence-corrected chi connectivity index (χ0v) is 14.5. The molecule has 3 heterocycles. The van der Waals surface area contributed by atoms with Gasteiger partial charge in [0.1, 0.15) is 0 Å². The van der Waals surface area contributed by atoms with Gasteiger partial charge in [0.15, 0.2) is 5.76 Å². The highest BCUT2D eigenvalue weighted by Crippen LogP contribution is 2.41. The highest BCUT2D eigenvalue weighted by molar-refractivity contribution is 5.93. The predicted octanol–water partition coefficient (Wildman–Crippen LogP) is 2.08. The van der Waals surface area contributed by atoms with E-state index in [9.17, 15) is 9.59 Å². The van der Waals surface area contributed by atoms with Crippen molar-refractivity contribution in [2.75, 3.05) is 39.9 Å². The van der Waals surface area contributed by atoms with Gasteiger partial charge >= 0.3 is 0 Å². The number of ether oxygens (including phenoxy) is 1. The summed E-state index contributed by atoms with van der Waals surface area (Å²) in [6.07, 6.45) is 4.89. The summed E-state index contributed by atoms with van der Waals surface area (Å²) in [7, 11) is 1.65. The second-order valence-corrected chi connectivity index (χ2v) is 6.89. The molecule has 1 aromatic heterocycles. The predicted molar refractivity (Wildman–Crippen MR) is 88.7 cm³/mol. The lowest BCUT2D eigenvalue weighted by Gasteiger charge is -2.26. The largest absolute Gasteiger partial charge is 0.459 e. The van der Waals surface area contributed by atoms with E-state index in [1.54, 1.807) is 19.4 Å². The van der Waals surface area contributed by atoms with E-state index in [-0.39, 0.29) is 17.2 Å². The van der Waals surface area contributed by atoms with E-state index < -0.39 is 0 Å². The Balaban J connectivity index is 1.66. The Morgan fingerprint density at radius 1 is 1.29 bits per heavy atom. The Morgan fingerprint density at radius 2 is 2.08 bits per heavy atom. The number of methoxy groups -OCH3 is 1. The molecule has 6 heteroatoms. The fourth-order valence-electron chi connectivity index (χ4n) is 3.90. The van der Waals surface area contributed by atoms with Crippen LogP contribution in [0.1, 0.15) is 41.8 Å². The van der Waals surface area contributed by atoms with Gasteiger partial charge < -0.3 is 19.0 Å². The van der Waals surface area contributed by atoms with Crippen LogP contribution in [0.25, 0.3) is 0 Å². The molecular weight excluding hydrogens is 308 g/mol. The molecular formula is C18H26N2O4. The number of likely N-dealkylation sites (tertiary alicyclic amines) is 2. The van der Waals surface area contributed by atoms with Crippen molar-refractivity contribution in [1.29, 1.82) is 0 Å². The van der Waals surface area contributed by atoms with Crippen LogP contribution in [0, 0.1) is 12.3 Å². The first kappa shape index (κ1) is 17.0. The van der Waals surface area contributed by atoms with Crippen molar-refractivity contribution < 1.29 is 18.7 Å². The summed E-state index contributed by atoms with van der Waals surface area (Å²) in [5, 5.41) is 0. The number of aryl methyl sites for hydroxylation is 1. The van der Waals surface area contributed by atoms with Crippen LogP contribution in [0.4, 0.5) is 0 Å². The van der Waals surface area contributed by atoms with Crippen molar-refractivity contribution in [3.63, 3.8) is 0 Å². The molecule has 6 nitrogen and oxygen atoms in total. The van der Waals surface area contributed by atoms with Gasteiger partial charge in [-0.15, -0.1) is 0 Å². The van der Waals surface area contributed by atoms with E-state index >= 15 is 0 Å². The van der Waals surface area contributed by atoms with Gasteiger partial charge in [0.25, 0.3) is 5.91 Å². The average Bonchev–Trinajstić information content (AvgIpc) is 3.04. The Bertz CT molecular complexity index is 612. The third-order valence-electron chi connectivity index (χ3n) is 5.45. The van der Waals surface area contributed by atoms with Gasteiger partial charge in [-0.3, -0.25) is 9.59 Å². The van der Waals surface area contributed by atoms with Crippen molar-refractivity contribution in [2.24, 2.45) is 5.41 Å². The van der Waals surface area contributed by atoms with Crippen LogP contribution in [-0.2, 0) is 9.53 Å². The molecule has 24 heavy (non-hydrogen) atoms. The zero-order chi connectivity index (χ0) is 17.2. The normalized spacial score (nSPS) is 24.7. The summed E-state index contributed by atoms with van der Waals surface area (Å²) in [6, 6.07) is 1.81. The van der Waals surface area contributed by atoms with Crippen LogP contribution in [0.2, 0.25) is 0 Å². The molecule has 3 rings (SSSR count). The molecule has 0 bridgehead atoms. The van der Waals surface area contributed by atoms with E-state index in [0.29, 0.717) is 32.0 Å². The molecule has 1 unspecified atom stereocenters. The van der Waals surface area contributed by atoms with Gasteiger partial charge in [0.05, 0.1) is 18.3 Å². The van der Waals surface area contributed by atoms with Crippen LogP contribution < -0.4 is 0 Å². The number of rotatable bonds is 4. The monoisotopic (exact) mass is 334 g/mol. The quantitative estimate of drug-likeness (QED) is 0.846. The minimum absolute atomic E-state index is 0.0590. The second-order valence-electron chi connectivity index (χ2n) is 6.89. The lowest BCUT2D eigenvalue weighted by atomic mass is 9.79. The van der Waals surface area contributed by atoms with Crippen molar-refractivity contribution in [3.05, 3.63) is 23.7 Å². The summed E-state index contributed by atoms with van der Waals surface area (Å²) < 4.78 is 10.4. The molecule has 1 aromatic rings. The number of furan rings is 1. The first-order chi connectivity index (χ1) is 11.6. The lowest BCUT2D eigenvalue weighted by Crippen LogP contribution is -2.37. The van der Waals surface area contributed by atoms with Gasteiger partial charge in [-0.05, 0) is 38.7 Å². The first-order valence-corrected chi connectivity index (χ1v) is 8.69. The molecule has 0 radical (unpaired) electrons.